The van der Waals surface area contributed by atoms with Gasteiger partial charge in [-0.1, -0.05) is 11.6 Å². The molecule has 9 nitrogen and oxygen atoms in total. The first kappa shape index (κ1) is 22.0. The van der Waals surface area contributed by atoms with Gasteiger partial charge in [0.25, 0.3) is 0 Å². The van der Waals surface area contributed by atoms with Crippen molar-refractivity contribution in [3.8, 4) is 11.8 Å². The summed E-state index contributed by atoms with van der Waals surface area (Å²) < 4.78 is 51.8. The van der Waals surface area contributed by atoms with Crippen LogP contribution in [-0.2, 0) is 10.9 Å². The van der Waals surface area contributed by atoms with Crippen LogP contribution in [0.5, 0.6) is 11.8 Å². The van der Waals surface area contributed by atoms with Gasteiger partial charge in [0, 0.05) is 5.66 Å². The maximum absolute atomic E-state index is 13.1. The van der Waals surface area contributed by atoms with Crippen molar-refractivity contribution in [2.75, 3.05) is 12.3 Å². The lowest BCUT2D eigenvalue weighted by atomic mass is 10.2. The van der Waals surface area contributed by atoms with Gasteiger partial charge in [-0.05, 0) is 18.2 Å². The molecule has 1 fully saturated rings. The summed E-state index contributed by atoms with van der Waals surface area (Å²) in [4.78, 5) is 12.3. The second kappa shape index (κ2) is 8.03. The maximum Gasteiger partial charge on any atom is 0.417 e. The predicted octanol–water partition coefficient (Wildman–Crippen LogP) is 2.37. The third kappa shape index (κ3) is 4.01. The molecule has 0 bridgehead atoms. The third-order valence-corrected chi connectivity index (χ3v) is 5.81. The van der Waals surface area contributed by atoms with Crippen LogP contribution in [0.2, 0.25) is 5.02 Å². The quantitative estimate of drug-likeness (QED) is 0.489. The minimum atomic E-state index is -4.67. The van der Waals surface area contributed by atoms with E-state index in [2.05, 4.69) is 24.2 Å². The summed E-state index contributed by atoms with van der Waals surface area (Å²) in [5, 5.41) is 19.1. The summed E-state index contributed by atoms with van der Waals surface area (Å²) >= 11 is 5.62. The van der Waals surface area contributed by atoms with Crippen molar-refractivity contribution in [3.63, 3.8) is 0 Å². The van der Waals surface area contributed by atoms with E-state index in [4.69, 9.17) is 26.8 Å². The van der Waals surface area contributed by atoms with Crippen molar-refractivity contribution >= 4 is 37.8 Å². The van der Waals surface area contributed by atoms with Gasteiger partial charge in [-0.25, -0.2) is 4.98 Å². The van der Waals surface area contributed by atoms with Gasteiger partial charge in [-0.15, -0.1) is 9.24 Å². The molecule has 1 aliphatic rings. The van der Waals surface area contributed by atoms with Gasteiger partial charge in [0.15, 0.2) is 17.0 Å². The largest absolute Gasteiger partial charge is 0.424 e. The Bertz CT molecular complexity index is 1130. The van der Waals surface area contributed by atoms with Crippen molar-refractivity contribution < 1.29 is 32.9 Å². The van der Waals surface area contributed by atoms with Gasteiger partial charge in [0.1, 0.15) is 18.1 Å². The van der Waals surface area contributed by atoms with Crippen LogP contribution in [0.4, 0.5) is 19.0 Å². The van der Waals surface area contributed by atoms with Crippen LogP contribution in [0.1, 0.15) is 11.8 Å². The number of fused-ring (bicyclic) bond motifs is 1. The number of aliphatic hydroxyl groups excluding tert-OH is 2. The van der Waals surface area contributed by atoms with E-state index < -0.39 is 47.5 Å². The van der Waals surface area contributed by atoms with E-state index in [9.17, 15) is 23.4 Å². The number of hydrogen-bond donors (Lipinski definition) is 3. The van der Waals surface area contributed by atoms with Gasteiger partial charge < -0.3 is 25.4 Å². The fourth-order valence-corrected chi connectivity index (χ4v) is 3.96. The van der Waals surface area contributed by atoms with E-state index in [1.54, 1.807) is 0 Å². The molecule has 1 saturated heterocycles. The van der Waals surface area contributed by atoms with Gasteiger partial charge in [-0.2, -0.15) is 23.1 Å². The van der Waals surface area contributed by atoms with Crippen molar-refractivity contribution in [1.82, 2.24) is 19.5 Å². The summed E-state index contributed by atoms with van der Waals surface area (Å²) in [7, 11) is 2.44. The molecule has 0 aliphatic carbocycles. The number of hydrogen-bond acceptors (Lipinski definition) is 8. The number of alkyl halides is 3. The second-order valence-corrected chi connectivity index (χ2v) is 7.95. The van der Waals surface area contributed by atoms with E-state index in [1.165, 1.54) is 17.0 Å². The molecule has 0 radical (unpaired) electrons. The Morgan fingerprint density at radius 3 is 2.71 bits per heavy atom. The van der Waals surface area contributed by atoms with Crippen molar-refractivity contribution in [3.05, 3.63) is 35.1 Å². The molecular formula is C17H16ClF3N5O4P. The van der Waals surface area contributed by atoms with E-state index in [0.29, 0.717) is 0 Å². The lowest BCUT2D eigenvalue weighted by molar-refractivity contribution is -0.137. The average molecular weight is 478 g/mol. The summed E-state index contributed by atoms with van der Waals surface area (Å²) in [6.07, 6.45) is -5.82. The molecule has 1 aromatic carbocycles. The van der Waals surface area contributed by atoms with Crippen LogP contribution >= 0.6 is 20.8 Å². The van der Waals surface area contributed by atoms with Crippen LogP contribution < -0.4 is 10.5 Å². The SMILES string of the molecule is Nc1nc(Oc2ccc(Cl)c(C(F)(F)F)c2)nc2c1ncn2[C@@H]1O[C@H](CO)[C@@H](O)[C@H]1P. The molecule has 3 aromatic rings. The van der Waals surface area contributed by atoms with Gasteiger partial charge in [0.05, 0.1) is 29.6 Å². The number of aliphatic hydroxyl groups is 2. The summed E-state index contributed by atoms with van der Waals surface area (Å²) in [6.45, 7) is -0.390. The molecule has 3 heterocycles. The average Bonchev–Trinajstić information content (AvgIpc) is 3.24. The van der Waals surface area contributed by atoms with Crippen LogP contribution in [0.3, 0.4) is 0 Å². The molecular weight excluding hydrogens is 462 g/mol. The highest BCUT2D eigenvalue weighted by Gasteiger charge is 2.42. The maximum atomic E-state index is 13.1. The minimum absolute atomic E-state index is 0.0682. The Hall–Kier alpha value is -2.24. The van der Waals surface area contributed by atoms with Crippen LogP contribution in [0, 0.1) is 0 Å². The Morgan fingerprint density at radius 1 is 1.32 bits per heavy atom. The zero-order chi connectivity index (χ0) is 22.5. The molecule has 2 aromatic heterocycles. The number of aromatic nitrogens is 4. The molecule has 0 amide bonds. The molecule has 5 atom stereocenters. The standard InChI is InChI=1S/C17H16ClF3N5O4P/c18-8-2-1-6(3-7(8)17(19,20)21)29-16-24-13(22)10-14(25-16)26(5-23-10)15-12(31)11(28)9(4-27)30-15/h1-3,5,9,11-12,15,27-28H,4,31H2,(H2,22,24,25)/t9-,11-,12-,15-/m1/s1. The first-order valence-corrected chi connectivity index (χ1v) is 9.89. The highest BCUT2D eigenvalue weighted by molar-refractivity contribution is 7.17. The molecule has 31 heavy (non-hydrogen) atoms. The second-order valence-electron chi connectivity index (χ2n) is 6.77. The summed E-state index contributed by atoms with van der Waals surface area (Å²) in [5.41, 5.74) is 4.74. The van der Waals surface area contributed by atoms with Crippen molar-refractivity contribution in [1.29, 1.82) is 0 Å². The predicted molar refractivity (Wildman–Crippen MR) is 107 cm³/mol. The molecule has 0 spiro atoms. The molecule has 1 aliphatic heterocycles. The van der Waals surface area contributed by atoms with E-state index in [0.717, 1.165) is 12.1 Å². The number of ether oxygens (including phenoxy) is 2. The number of imidazole rings is 1. The number of rotatable bonds is 4. The topological polar surface area (TPSA) is 129 Å². The molecule has 166 valence electrons. The number of nitrogens with zero attached hydrogens (tertiary/aromatic N) is 4. The molecule has 0 saturated carbocycles. The monoisotopic (exact) mass is 477 g/mol. The number of nitrogen functional groups attached to an aromatic ring is 1. The number of benzene rings is 1. The van der Waals surface area contributed by atoms with Crippen LogP contribution in [0.25, 0.3) is 11.2 Å². The number of halogens is 4. The van der Waals surface area contributed by atoms with E-state index in [1.807, 2.05) is 0 Å². The zero-order valence-electron chi connectivity index (χ0n) is 15.5. The minimum Gasteiger partial charge on any atom is -0.424 e. The van der Waals surface area contributed by atoms with Crippen LogP contribution in [0.15, 0.2) is 24.5 Å². The smallest absolute Gasteiger partial charge is 0.417 e. The Labute approximate surface area is 180 Å². The summed E-state index contributed by atoms with van der Waals surface area (Å²) in [5.74, 6) is -0.264. The van der Waals surface area contributed by atoms with Gasteiger partial charge >= 0.3 is 12.2 Å². The normalized spacial score (nSPS) is 24.1. The van der Waals surface area contributed by atoms with E-state index in [-0.39, 0.29) is 28.7 Å². The molecule has 4 rings (SSSR count). The Morgan fingerprint density at radius 2 is 2.06 bits per heavy atom. The van der Waals surface area contributed by atoms with Crippen molar-refractivity contribution in [2.24, 2.45) is 0 Å². The highest BCUT2D eigenvalue weighted by Crippen LogP contribution is 2.39. The lowest BCUT2D eigenvalue weighted by Gasteiger charge is -2.17. The molecule has 4 N–H and O–H groups in total. The summed E-state index contributed by atoms with van der Waals surface area (Å²) in [6, 6.07) is 2.69. The van der Waals surface area contributed by atoms with Gasteiger partial charge in [-0.3, -0.25) is 4.57 Å². The molecule has 1 unspecified atom stereocenters. The fourth-order valence-electron chi connectivity index (χ4n) is 3.21. The van der Waals surface area contributed by atoms with Crippen molar-refractivity contribution in [2.45, 2.75) is 30.3 Å². The first-order valence-electron chi connectivity index (χ1n) is 8.84. The molecule has 14 heteroatoms. The first-order chi connectivity index (χ1) is 14.6. The highest BCUT2D eigenvalue weighted by atomic mass is 35.5. The Balaban J connectivity index is 1.71. The van der Waals surface area contributed by atoms with E-state index >= 15 is 0 Å². The van der Waals surface area contributed by atoms with Crippen LogP contribution in [-0.4, -0.2) is 54.2 Å². The third-order valence-electron chi connectivity index (χ3n) is 4.75. The van der Waals surface area contributed by atoms with Gasteiger partial charge in [0.2, 0.25) is 0 Å². The fraction of sp³-hybridized carbons (Fsp3) is 0.353. The zero-order valence-corrected chi connectivity index (χ0v) is 17.4. The number of anilines is 1. The Kier molecular flexibility index (Phi) is 5.69. The lowest BCUT2D eigenvalue weighted by Crippen LogP contribution is -2.29. The number of nitrogens with two attached hydrogens (primary N) is 1.